The Morgan fingerprint density at radius 1 is 1.12 bits per heavy atom. The van der Waals surface area contributed by atoms with Crippen molar-refractivity contribution >= 4 is 23.3 Å². The molecule has 5 nitrogen and oxygen atoms in total. The van der Waals surface area contributed by atoms with E-state index in [9.17, 15) is 4.79 Å². The van der Waals surface area contributed by atoms with E-state index in [4.69, 9.17) is 0 Å². The summed E-state index contributed by atoms with van der Waals surface area (Å²) in [6.45, 7) is 4.33. The Balaban J connectivity index is 1.63. The number of hydrogen-bond donors (Lipinski definition) is 1. The number of carbonyl (C=O) groups excluding carboxylic acids is 1. The van der Waals surface area contributed by atoms with Gasteiger partial charge in [0.1, 0.15) is 0 Å². The number of fused-ring (bicyclic) bond motifs is 1. The molecule has 3 aromatic rings. The minimum absolute atomic E-state index is 0.00665. The largest absolute Gasteiger partial charge is 0.349 e. The lowest BCUT2D eigenvalue weighted by Gasteiger charge is -2.21. The van der Waals surface area contributed by atoms with Crippen LogP contribution >= 0.6 is 11.8 Å². The molecule has 0 saturated carbocycles. The van der Waals surface area contributed by atoms with Gasteiger partial charge < -0.3 is 5.32 Å². The topological polar surface area (TPSA) is 59.3 Å². The van der Waals surface area contributed by atoms with Gasteiger partial charge in [0, 0.05) is 6.20 Å². The zero-order chi connectivity index (χ0) is 17.6. The highest BCUT2D eigenvalue weighted by Gasteiger charge is 2.17. The summed E-state index contributed by atoms with van der Waals surface area (Å²) in [6.07, 6.45) is 2.81. The maximum absolute atomic E-state index is 12.5. The van der Waals surface area contributed by atoms with Crippen molar-refractivity contribution in [3.63, 3.8) is 0 Å². The van der Waals surface area contributed by atoms with Gasteiger partial charge in [-0.05, 0) is 30.0 Å². The normalized spacial score (nSPS) is 12.4. The molecule has 25 heavy (non-hydrogen) atoms. The Morgan fingerprint density at radius 2 is 1.88 bits per heavy atom. The van der Waals surface area contributed by atoms with Crippen LogP contribution in [-0.2, 0) is 4.79 Å². The first-order chi connectivity index (χ1) is 12.1. The fraction of sp³-hybridized carbons (Fsp3) is 0.316. The monoisotopic (exact) mass is 354 g/mol. The Morgan fingerprint density at radius 3 is 2.64 bits per heavy atom. The Labute approximate surface area is 151 Å². The number of nitrogens with zero attached hydrogens (tertiary/aromatic N) is 3. The first-order valence-electron chi connectivity index (χ1n) is 8.40. The number of benzene rings is 1. The minimum Gasteiger partial charge on any atom is -0.349 e. The zero-order valence-corrected chi connectivity index (χ0v) is 15.2. The fourth-order valence-electron chi connectivity index (χ4n) is 2.72. The summed E-state index contributed by atoms with van der Waals surface area (Å²) in [5.74, 6) is 0.822. The number of rotatable bonds is 7. The van der Waals surface area contributed by atoms with E-state index < -0.39 is 0 Å². The number of hydrogen-bond acceptors (Lipinski definition) is 4. The van der Waals surface area contributed by atoms with Crippen molar-refractivity contribution in [1.29, 1.82) is 0 Å². The number of nitrogens with one attached hydrogen (secondary N) is 1. The molecule has 0 bridgehead atoms. The summed E-state index contributed by atoms with van der Waals surface area (Å²) in [5.41, 5.74) is 1.93. The lowest BCUT2D eigenvalue weighted by atomic mass is 9.97. The van der Waals surface area contributed by atoms with E-state index in [1.807, 2.05) is 47.0 Å². The molecule has 0 fully saturated rings. The molecule has 0 aliphatic carbocycles. The van der Waals surface area contributed by atoms with Crippen LogP contribution in [0.5, 0.6) is 0 Å². The first-order valence-corrected chi connectivity index (χ1v) is 9.39. The van der Waals surface area contributed by atoms with E-state index in [1.54, 1.807) is 0 Å². The standard InChI is InChI=1S/C19H22N4OS/c1-14(2)12-16(15-8-4-3-5-9-15)20-18(24)13-25-19-22-21-17-10-6-7-11-23(17)19/h3-11,14,16H,12-13H2,1-2H3,(H,20,24)/t16-/m1/s1. The van der Waals surface area contributed by atoms with Gasteiger partial charge in [-0.3, -0.25) is 9.20 Å². The number of amides is 1. The molecule has 0 aliphatic heterocycles. The summed E-state index contributed by atoms with van der Waals surface area (Å²) in [4.78, 5) is 12.5. The fourth-order valence-corrected chi connectivity index (χ4v) is 3.45. The third-order valence-electron chi connectivity index (χ3n) is 3.86. The molecule has 1 N–H and O–H groups in total. The van der Waals surface area contributed by atoms with E-state index in [1.165, 1.54) is 11.8 Å². The predicted molar refractivity (Wildman–Crippen MR) is 100 cm³/mol. The third kappa shape index (κ3) is 4.60. The van der Waals surface area contributed by atoms with Crippen molar-refractivity contribution in [2.45, 2.75) is 31.5 Å². The first kappa shape index (κ1) is 17.5. The van der Waals surface area contributed by atoms with Gasteiger partial charge in [0.05, 0.1) is 11.8 Å². The van der Waals surface area contributed by atoms with Gasteiger partial charge in [0.15, 0.2) is 10.8 Å². The van der Waals surface area contributed by atoms with Crippen molar-refractivity contribution in [1.82, 2.24) is 19.9 Å². The lowest BCUT2D eigenvalue weighted by Crippen LogP contribution is -2.30. The summed E-state index contributed by atoms with van der Waals surface area (Å²) in [7, 11) is 0. The third-order valence-corrected chi connectivity index (χ3v) is 4.80. The minimum atomic E-state index is 0.00665. The molecule has 0 radical (unpaired) electrons. The van der Waals surface area contributed by atoms with Gasteiger partial charge >= 0.3 is 0 Å². The van der Waals surface area contributed by atoms with Gasteiger partial charge in [-0.15, -0.1) is 10.2 Å². The van der Waals surface area contributed by atoms with Crippen molar-refractivity contribution in [3.05, 3.63) is 60.3 Å². The molecule has 130 valence electrons. The molecule has 0 aliphatic rings. The van der Waals surface area contributed by atoms with Crippen molar-refractivity contribution in [2.24, 2.45) is 5.92 Å². The molecule has 1 amide bonds. The number of pyridine rings is 1. The molecule has 1 atom stereocenters. The average Bonchev–Trinajstić information content (AvgIpc) is 3.03. The zero-order valence-electron chi connectivity index (χ0n) is 14.4. The van der Waals surface area contributed by atoms with E-state index in [0.717, 1.165) is 22.8 Å². The van der Waals surface area contributed by atoms with Crippen LogP contribution < -0.4 is 5.32 Å². The Kier molecular flexibility index (Phi) is 5.71. The van der Waals surface area contributed by atoms with Crippen molar-refractivity contribution < 1.29 is 4.79 Å². The molecular formula is C19H22N4OS. The molecular weight excluding hydrogens is 332 g/mol. The average molecular weight is 354 g/mol. The highest BCUT2D eigenvalue weighted by Crippen LogP contribution is 2.22. The van der Waals surface area contributed by atoms with Gasteiger partial charge in [-0.25, -0.2) is 0 Å². The Bertz CT molecular complexity index is 832. The van der Waals surface area contributed by atoms with E-state index in [2.05, 4.69) is 41.5 Å². The highest BCUT2D eigenvalue weighted by molar-refractivity contribution is 7.99. The van der Waals surface area contributed by atoms with Crippen LogP contribution in [0.1, 0.15) is 31.9 Å². The predicted octanol–water partition coefficient (Wildman–Crippen LogP) is 3.73. The second-order valence-corrected chi connectivity index (χ2v) is 7.30. The Hall–Kier alpha value is -2.34. The van der Waals surface area contributed by atoms with Crippen molar-refractivity contribution in [2.75, 3.05) is 5.75 Å². The van der Waals surface area contributed by atoms with Gasteiger partial charge in [-0.2, -0.15) is 0 Å². The van der Waals surface area contributed by atoms with Crippen LogP contribution in [0.25, 0.3) is 5.65 Å². The molecule has 0 spiro atoms. The number of aromatic nitrogens is 3. The molecule has 0 unspecified atom stereocenters. The summed E-state index contributed by atoms with van der Waals surface area (Å²) < 4.78 is 1.89. The second-order valence-electron chi connectivity index (χ2n) is 6.36. The summed E-state index contributed by atoms with van der Waals surface area (Å²) >= 11 is 1.40. The second kappa shape index (κ2) is 8.16. The molecule has 1 aromatic carbocycles. The van der Waals surface area contributed by atoms with Crippen LogP contribution in [0.15, 0.2) is 59.9 Å². The molecule has 2 aromatic heterocycles. The van der Waals surface area contributed by atoms with E-state index in [-0.39, 0.29) is 11.9 Å². The summed E-state index contributed by atoms with van der Waals surface area (Å²) in [6, 6.07) is 15.9. The van der Waals surface area contributed by atoms with Crippen LogP contribution in [0.3, 0.4) is 0 Å². The maximum Gasteiger partial charge on any atom is 0.230 e. The van der Waals surface area contributed by atoms with Crippen LogP contribution in [0, 0.1) is 5.92 Å². The van der Waals surface area contributed by atoms with Gasteiger partial charge in [0.2, 0.25) is 5.91 Å². The SMILES string of the molecule is CC(C)C[C@@H](NC(=O)CSc1nnc2ccccn12)c1ccccc1. The van der Waals surface area contributed by atoms with Gasteiger partial charge in [0.25, 0.3) is 0 Å². The quantitative estimate of drug-likeness (QED) is 0.657. The van der Waals surface area contributed by atoms with Crippen LogP contribution in [0.2, 0.25) is 0 Å². The maximum atomic E-state index is 12.5. The number of carbonyl (C=O) groups is 1. The van der Waals surface area contributed by atoms with E-state index in [0.29, 0.717) is 11.7 Å². The smallest absolute Gasteiger partial charge is 0.230 e. The van der Waals surface area contributed by atoms with E-state index >= 15 is 0 Å². The van der Waals surface area contributed by atoms with Crippen LogP contribution in [-0.4, -0.2) is 26.3 Å². The van der Waals surface area contributed by atoms with Crippen LogP contribution in [0.4, 0.5) is 0 Å². The molecule has 3 rings (SSSR count). The molecule has 0 saturated heterocycles. The number of thioether (sulfide) groups is 1. The van der Waals surface area contributed by atoms with Crippen molar-refractivity contribution in [3.8, 4) is 0 Å². The summed E-state index contributed by atoms with van der Waals surface area (Å²) in [5, 5.41) is 12.1. The lowest BCUT2D eigenvalue weighted by molar-refractivity contribution is -0.119. The molecule has 2 heterocycles. The van der Waals surface area contributed by atoms with Gasteiger partial charge in [-0.1, -0.05) is 62.0 Å². The molecule has 6 heteroatoms. The highest BCUT2D eigenvalue weighted by atomic mass is 32.2.